The molecule has 1 N–H and O–H groups in total. The SMILES string of the molecule is Cc1cc(C(=O)O)ccc1Cn1ccc(=O)cc1. The lowest BCUT2D eigenvalue weighted by atomic mass is 10.1. The van der Waals surface area contributed by atoms with E-state index in [2.05, 4.69) is 0 Å². The quantitative estimate of drug-likeness (QED) is 0.895. The topological polar surface area (TPSA) is 59.3 Å². The molecule has 0 amide bonds. The lowest BCUT2D eigenvalue weighted by Gasteiger charge is -2.09. The predicted octanol–water partition coefficient (Wildman–Crippen LogP) is 1.90. The average Bonchev–Trinajstić information content (AvgIpc) is 2.34. The molecule has 0 saturated carbocycles. The fourth-order valence-corrected chi connectivity index (χ4v) is 1.75. The van der Waals surface area contributed by atoms with Crippen LogP contribution in [0.5, 0.6) is 0 Å². The van der Waals surface area contributed by atoms with Crippen molar-refractivity contribution in [2.45, 2.75) is 13.5 Å². The van der Waals surface area contributed by atoms with Gasteiger partial charge in [0.2, 0.25) is 0 Å². The molecule has 0 spiro atoms. The molecule has 1 aromatic heterocycles. The highest BCUT2D eigenvalue weighted by molar-refractivity contribution is 5.87. The summed E-state index contributed by atoms with van der Waals surface area (Å²) in [6.07, 6.45) is 3.43. The molecule has 0 aliphatic rings. The minimum Gasteiger partial charge on any atom is -0.478 e. The van der Waals surface area contributed by atoms with Gasteiger partial charge in [0, 0.05) is 31.1 Å². The number of aromatic nitrogens is 1. The standard InChI is InChI=1S/C14H13NO3/c1-10-8-11(14(17)18)2-3-12(10)9-15-6-4-13(16)5-7-15/h2-8H,9H2,1H3,(H,17,18). The van der Waals surface area contributed by atoms with E-state index in [4.69, 9.17) is 5.11 Å². The van der Waals surface area contributed by atoms with Crippen LogP contribution in [0, 0.1) is 6.92 Å². The minimum atomic E-state index is -0.923. The Morgan fingerprint density at radius 1 is 1.22 bits per heavy atom. The van der Waals surface area contributed by atoms with Crippen molar-refractivity contribution in [2.75, 3.05) is 0 Å². The van der Waals surface area contributed by atoms with Gasteiger partial charge in [0.15, 0.2) is 5.43 Å². The fraction of sp³-hybridized carbons (Fsp3) is 0.143. The predicted molar refractivity (Wildman–Crippen MR) is 67.9 cm³/mol. The summed E-state index contributed by atoms with van der Waals surface area (Å²) in [5, 5.41) is 8.88. The van der Waals surface area contributed by atoms with E-state index in [9.17, 15) is 9.59 Å². The van der Waals surface area contributed by atoms with E-state index in [0.29, 0.717) is 6.54 Å². The molecule has 1 aromatic carbocycles. The highest BCUT2D eigenvalue weighted by Crippen LogP contribution is 2.12. The third-order valence-corrected chi connectivity index (χ3v) is 2.80. The molecule has 2 rings (SSSR count). The highest BCUT2D eigenvalue weighted by atomic mass is 16.4. The second-order valence-electron chi connectivity index (χ2n) is 4.15. The Balaban J connectivity index is 2.27. The Bertz CT molecular complexity index is 623. The number of benzene rings is 1. The second kappa shape index (κ2) is 4.87. The van der Waals surface area contributed by atoms with Gasteiger partial charge >= 0.3 is 5.97 Å². The van der Waals surface area contributed by atoms with Gasteiger partial charge in [-0.3, -0.25) is 4.79 Å². The summed E-state index contributed by atoms with van der Waals surface area (Å²) in [6.45, 7) is 2.50. The van der Waals surface area contributed by atoms with Crippen LogP contribution in [0.3, 0.4) is 0 Å². The number of rotatable bonds is 3. The molecule has 92 valence electrons. The number of hydrogen-bond donors (Lipinski definition) is 1. The lowest BCUT2D eigenvalue weighted by Crippen LogP contribution is -2.06. The van der Waals surface area contributed by atoms with E-state index in [-0.39, 0.29) is 11.0 Å². The van der Waals surface area contributed by atoms with E-state index < -0.39 is 5.97 Å². The Hall–Kier alpha value is -2.36. The molecule has 0 atom stereocenters. The largest absolute Gasteiger partial charge is 0.478 e. The molecule has 0 aliphatic carbocycles. The normalized spacial score (nSPS) is 10.3. The third kappa shape index (κ3) is 2.66. The zero-order valence-corrected chi connectivity index (χ0v) is 9.96. The third-order valence-electron chi connectivity index (χ3n) is 2.80. The Kier molecular flexibility index (Phi) is 3.28. The van der Waals surface area contributed by atoms with E-state index >= 15 is 0 Å². The number of nitrogens with zero attached hydrogens (tertiary/aromatic N) is 1. The van der Waals surface area contributed by atoms with Gasteiger partial charge in [-0.1, -0.05) is 6.07 Å². The van der Waals surface area contributed by atoms with Gasteiger partial charge in [0.25, 0.3) is 0 Å². The van der Waals surface area contributed by atoms with Crippen molar-refractivity contribution in [1.82, 2.24) is 4.57 Å². The number of carboxylic acids is 1. The Morgan fingerprint density at radius 3 is 2.44 bits per heavy atom. The van der Waals surface area contributed by atoms with Crippen LogP contribution in [0.2, 0.25) is 0 Å². The number of pyridine rings is 1. The number of aryl methyl sites for hydroxylation is 1. The maximum absolute atomic E-state index is 11.0. The molecule has 0 aliphatic heterocycles. The van der Waals surface area contributed by atoms with E-state index in [1.165, 1.54) is 12.1 Å². The number of aromatic carboxylic acids is 1. The van der Waals surface area contributed by atoms with Crippen LogP contribution in [-0.2, 0) is 6.54 Å². The van der Waals surface area contributed by atoms with Crippen LogP contribution in [0.4, 0.5) is 0 Å². The maximum atomic E-state index is 11.0. The van der Waals surface area contributed by atoms with Gasteiger partial charge in [-0.2, -0.15) is 0 Å². The molecule has 4 heteroatoms. The van der Waals surface area contributed by atoms with Crippen molar-refractivity contribution in [3.05, 3.63) is 69.6 Å². The van der Waals surface area contributed by atoms with Crippen LogP contribution in [0.1, 0.15) is 21.5 Å². The minimum absolute atomic E-state index is 0.0239. The van der Waals surface area contributed by atoms with Gasteiger partial charge in [-0.25, -0.2) is 4.79 Å². The van der Waals surface area contributed by atoms with E-state index in [1.807, 2.05) is 11.5 Å². The molecular weight excluding hydrogens is 230 g/mol. The first-order valence-corrected chi connectivity index (χ1v) is 5.55. The summed E-state index contributed by atoms with van der Waals surface area (Å²) < 4.78 is 1.88. The van der Waals surface area contributed by atoms with Gasteiger partial charge in [0.1, 0.15) is 0 Å². The smallest absolute Gasteiger partial charge is 0.335 e. The van der Waals surface area contributed by atoms with Crippen LogP contribution in [0.15, 0.2) is 47.5 Å². The molecule has 18 heavy (non-hydrogen) atoms. The average molecular weight is 243 g/mol. The zero-order valence-electron chi connectivity index (χ0n) is 9.96. The fourth-order valence-electron chi connectivity index (χ4n) is 1.75. The van der Waals surface area contributed by atoms with Gasteiger partial charge in [-0.15, -0.1) is 0 Å². The van der Waals surface area contributed by atoms with Crippen molar-refractivity contribution in [1.29, 1.82) is 0 Å². The Morgan fingerprint density at radius 2 is 1.89 bits per heavy atom. The Labute approximate surface area is 104 Å². The number of carboxylic acid groups (broad SMARTS) is 1. The molecule has 0 radical (unpaired) electrons. The number of hydrogen-bond acceptors (Lipinski definition) is 2. The van der Waals surface area contributed by atoms with E-state index in [0.717, 1.165) is 11.1 Å². The van der Waals surface area contributed by atoms with E-state index in [1.54, 1.807) is 30.6 Å². The second-order valence-corrected chi connectivity index (χ2v) is 4.15. The summed E-state index contributed by atoms with van der Waals surface area (Å²) in [6, 6.07) is 8.05. The maximum Gasteiger partial charge on any atom is 0.335 e. The van der Waals surface area contributed by atoms with Crippen molar-refractivity contribution in [3.63, 3.8) is 0 Å². The number of carbonyl (C=O) groups is 1. The van der Waals surface area contributed by atoms with Crippen LogP contribution in [-0.4, -0.2) is 15.6 Å². The molecular formula is C14H13NO3. The molecule has 1 heterocycles. The summed E-state index contributed by atoms with van der Waals surface area (Å²) in [4.78, 5) is 21.8. The van der Waals surface area contributed by atoms with Gasteiger partial charge < -0.3 is 9.67 Å². The molecule has 0 bridgehead atoms. The monoisotopic (exact) mass is 243 g/mol. The summed E-state index contributed by atoms with van der Waals surface area (Å²) in [5.41, 5.74) is 2.22. The molecule has 4 nitrogen and oxygen atoms in total. The van der Waals surface area contributed by atoms with Crippen molar-refractivity contribution in [3.8, 4) is 0 Å². The summed E-state index contributed by atoms with van der Waals surface area (Å²) >= 11 is 0. The molecule has 2 aromatic rings. The van der Waals surface area contributed by atoms with Gasteiger partial charge in [0.05, 0.1) is 5.56 Å². The molecule has 0 fully saturated rings. The van der Waals surface area contributed by atoms with Crippen LogP contribution in [0.25, 0.3) is 0 Å². The molecule has 0 saturated heterocycles. The van der Waals surface area contributed by atoms with Crippen molar-refractivity contribution >= 4 is 5.97 Å². The first-order chi connectivity index (χ1) is 8.56. The lowest BCUT2D eigenvalue weighted by molar-refractivity contribution is 0.0697. The molecule has 0 unspecified atom stereocenters. The first kappa shape index (κ1) is 12.1. The highest BCUT2D eigenvalue weighted by Gasteiger charge is 2.05. The summed E-state index contributed by atoms with van der Waals surface area (Å²) in [7, 11) is 0. The van der Waals surface area contributed by atoms with Crippen molar-refractivity contribution in [2.24, 2.45) is 0 Å². The van der Waals surface area contributed by atoms with Crippen LogP contribution >= 0.6 is 0 Å². The first-order valence-electron chi connectivity index (χ1n) is 5.55. The zero-order chi connectivity index (χ0) is 13.1. The summed E-state index contributed by atoms with van der Waals surface area (Å²) in [5.74, 6) is -0.923. The van der Waals surface area contributed by atoms with Crippen LogP contribution < -0.4 is 5.43 Å². The van der Waals surface area contributed by atoms with Crippen molar-refractivity contribution < 1.29 is 9.90 Å². The van der Waals surface area contributed by atoms with Gasteiger partial charge in [-0.05, 0) is 30.2 Å².